The lowest BCUT2D eigenvalue weighted by molar-refractivity contribution is -0.131. The summed E-state index contributed by atoms with van der Waals surface area (Å²) in [5.74, 6) is 0.497. The normalized spacial score (nSPS) is 15.2. The van der Waals surface area contributed by atoms with Crippen molar-refractivity contribution in [3.63, 3.8) is 0 Å². The number of hydrogen-bond acceptors (Lipinski definition) is 4. The van der Waals surface area contributed by atoms with Crippen LogP contribution in [0.25, 0.3) is 21.7 Å². The molecule has 1 heterocycles. The summed E-state index contributed by atoms with van der Waals surface area (Å²) in [6.07, 6.45) is 5.57. The monoisotopic (exact) mass is 365 g/mol. The van der Waals surface area contributed by atoms with Crippen LogP contribution in [0.4, 0.5) is 0 Å². The number of ether oxygens (including phenoxy) is 1. The van der Waals surface area contributed by atoms with E-state index in [1.165, 1.54) is 13.3 Å². The fourth-order valence-electron chi connectivity index (χ4n) is 4.03. The molecule has 1 fully saturated rings. The van der Waals surface area contributed by atoms with Crippen molar-refractivity contribution in [3.8, 4) is 5.75 Å². The standard InChI is InChI=1S/C22H23NO4/c1-13-20(22(25)23-15-8-4-3-5-9-15)18-12-19(27-14(2)24)16-10-6-7-11-17(16)21(18)26-13/h6-7,10-12,15H,3-5,8-9H2,1-2H3,(H,23,25). The number of nitrogens with one attached hydrogen (secondary N) is 1. The third kappa shape index (κ3) is 3.29. The van der Waals surface area contributed by atoms with Crippen LogP contribution in [0.1, 0.15) is 55.1 Å². The van der Waals surface area contributed by atoms with Crippen molar-refractivity contribution < 1.29 is 18.7 Å². The number of furan rings is 1. The molecule has 0 radical (unpaired) electrons. The van der Waals surface area contributed by atoms with Crippen molar-refractivity contribution in [1.82, 2.24) is 5.32 Å². The zero-order valence-electron chi connectivity index (χ0n) is 15.6. The van der Waals surface area contributed by atoms with Gasteiger partial charge in [-0.15, -0.1) is 0 Å². The van der Waals surface area contributed by atoms with Crippen LogP contribution in [-0.2, 0) is 4.79 Å². The number of esters is 1. The maximum absolute atomic E-state index is 13.0. The van der Waals surface area contributed by atoms with E-state index in [-0.39, 0.29) is 11.9 Å². The van der Waals surface area contributed by atoms with Gasteiger partial charge in [-0.3, -0.25) is 9.59 Å². The molecule has 5 nitrogen and oxygen atoms in total. The van der Waals surface area contributed by atoms with Crippen LogP contribution in [0.3, 0.4) is 0 Å². The molecule has 1 saturated carbocycles. The van der Waals surface area contributed by atoms with E-state index in [4.69, 9.17) is 9.15 Å². The largest absolute Gasteiger partial charge is 0.460 e. The average molecular weight is 365 g/mol. The van der Waals surface area contributed by atoms with Crippen LogP contribution in [0.15, 0.2) is 34.7 Å². The zero-order chi connectivity index (χ0) is 19.0. The number of fused-ring (bicyclic) bond motifs is 3. The second-order valence-electron chi connectivity index (χ2n) is 7.23. The smallest absolute Gasteiger partial charge is 0.308 e. The Kier molecular flexibility index (Phi) is 4.60. The van der Waals surface area contributed by atoms with E-state index >= 15 is 0 Å². The van der Waals surface area contributed by atoms with Crippen molar-refractivity contribution >= 4 is 33.6 Å². The van der Waals surface area contributed by atoms with Gasteiger partial charge in [0.1, 0.15) is 17.1 Å². The Morgan fingerprint density at radius 3 is 2.48 bits per heavy atom. The van der Waals surface area contributed by atoms with Crippen molar-refractivity contribution in [2.45, 2.75) is 52.0 Å². The highest BCUT2D eigenvalue weighted by molar-refractivity contribution is 6.16. The Bertz CT molecular complexity index is 1030. The molecule has 27 heavy (non-hydrogen) atoms. The lowest BCUT2D eigenvalue weighted by atomic mass is 9.95. The summed E-state index contributed by atoms with van der Waals surface area (Å²) >= 11 is 0. The van der Waals surface area contributed by atoms with E-state index in [1.807, 2.05) is 24.3 Å². The molecule has 1 N–H and O–H groups in total. The van der Waals surface area contributed by atoms with Gasteiger partial charge in [-0.05, 0) is 25.8 Å². The summed E-state index contributed by atoms with van der Waals surface area (Å²) in [5, 5.41) is 5.44. The third-order valence-electron chi connectivity index (χ3n) is 5.25. The topological polar surface area (TPSA) is 68.5 Å². The molecule has 0 spiro atoms. The predicted octanol–water partition coefficient (Wildman–Crippen LogP) is 4.88. The van der Waals surface area contributed by atoms with E-state index in [0.29, 0.717) is 28.0 Å². The summed E-state index contributed by atoms with van der Waals surface area (Å²) < 4.78 is 11.4. The van der Waals surface area contributed by atoms with Gasteiger partial charge in [-0.2, -0.15) is 0 Å². The molecule has 5 heteroatoms. The van der Waals surface area contributed by atoms with Gasteiger partial charge in [0.15, 0.2) is 0 Å². The SMILES string of the molecule is CC(=O)Oc1cc2c(C(=O)NC3CCCCC3)c(C)oc2c2ccccc12. The number of benzene rings is 2. The molecular formula is C22H23NO4. The van der Waals surface area contributed by atoms with Gasteiger partial charge in [-0.1, -0.05) is 43.5 Å². The Morgan fingerprint density at radius 1 is 1.07 bits per heavy atom. The van der Waals surface area contributed by atoms with Crippen molar-refractivity contribution in [2.24, 2.45) is 0 Å². The number of carbonyl (C=O) groups is 2. The number of amides is 1. The molecular weight excluding hydrogens is 342 g/mol. The van der Waals surface area contributed by atoms with Gasteiger partial charge in [0, 0.05) is 29.1 Å². The summed E-state index contributed by atoms with van der Waals surface area (Å²) in [6.45, 7) is 3.17. The minimum Gasteiger partial charge on any atom is -0.460 e. The highest BCUT2D eigenvalue weighted by atomic mass is 16.5. The molecule has 3 aromatic rings. The van der Waals surface area contributed by atoms with Crippen LogP contribution >= 0.6 is 0 Å². The summed E-state index contributed by atoms with van der Waals surface area (Å²) in [4.78, 5) is 24.6. The number of rotatable bonds is 3. The van der Waals surface area contributed by atoms with E-state index in [0.717, 1.165) is 36.5 Å². The molecule has 0 aliphatic heterocycles. The van der Waals surface area contributed by atoms with Gasteiger partial charge in [0.2, 0.25) is 0 Å². The number of carbonyl (C=O) groups excluding carboxylic acids is 2. The molecule has 4 rings (SSSR count). The summed E-state index contributed by atoms with van der Waals surface area (Å²) in [5.41, 5.74) is 1.17. The Labute approximate surface area is 157 Å². The fourth-order valence-corrected chi connectivity index (χ4v) is 4.03. The zero-order valence-corrected chi connectivity index (χ0v) is 15.6. The first-order chi connectivity index (χ1) is 13.0. The van der Waals surface area contributed by atoms with E-state index in [9.17, 15) is 9.59 Å². The summed E-state index contributed by atoms with van der Waals surface area (Å²) in [6, 6.07) is 9.53. The van der Waals surface area contributed by atoms with E-state index in [1.54, 1.807) is 13.0 Å². The first-order valence-electron chi connectivity index (χ1n) is 9.48. The Hall–Kier alpha value is -2.82. The maximum atomic E-state index is 13.0. The minimum absolute atomic E-state index is 0.123. The van der Waals surface area contributed by atoms with Crippen LogP contribution in [0.5, 0.6) is 5.75 Å². The third-order valence-corrected chi connectivity index (χ3v) is 5.25. The number of hydrogen-bond donors (Lipinski definition) is 1. The second kappa shape index (κ2) is 7.06. The van der Waals surface area contributed by atoms with Gasteiger partial charge in [0.25, 0.3) is 5.91 Å². The van der Waals surface area contributed by atoms with Crippen LogP contribution in [-0.4, -0.2) is 17.9 Å². The highest BCUT2D eigenvalue weighted by Crippen LogP contribution is 2.38. The molecule has 2 aromatic carbocycles. The highest BCUT2D eigenvalue weighted by Gasteiger charge is 2.24. The predicted molar refractivity (Wildman–Crippen MR) is 104 cm³/mol. The van der Waals surface area contributed by atoms with Crippen molar-refractivity contribution in [3.05, 3.63) is 41.7 Å². The lowest BCUT2D eigenvalue weighted by Crippen LogP contribution is -2.36. The molecule has 140 valence electrons. The second-order valence-corrected chi connectivity index (χ2v) is 7.23. The van der Waals surface area contributed by atoms with Crippen LogP contribution in [0.2, 0.25) is 0 Å². The summed E-state index contributed by atoms with van der Waals surface area (Å²) in [7, 11) is 0. The van der Waals surface area contributed by atoms with Crippen molar-refractivity contribution in [1.29, 1.82) is 0 Å². The first-order valence-corrected chi connectivity index (χ1v) is 9.48. The average Bonchev–Trinajstić information content (AvgIpc) is 2.98. The molecule has 0 saturated heterocycles. The first kappa shape index (κ1) is 17.6. The molecule has 0 bridgehead atoms. The van der Waals surface area contributed by atoms with Gasteiger partial charge >= 0.3 is 5.97 Å². The molecule has 1 amide bonds. The molecule has 1 aliphatic carbocycles. The molecule has 0 atom stereocenters. The molecule has 0 unspecified atom stereocenters. The number of aryl methyl sites for hydroxylation is 1. The Balaban J connectivity index is 1.83. The van der Waals surface area contributed by atoms with Crippen molar-refractivity contribution in [2.75, 3.05) is 0 Å². The lowest BCUT2D eigenvalue weighted by Gasteiger charge is -2.22. The molecule has 1 aliphatic rings. The fraction of sp³-hybridized carbons (Fsp3) is 0.364. The van der Waals surface area contributed by atoms with E-state index < -0.39 is 5.97 Å². The maximum Gasteiger partial charge on any atom is 0.308 e. The van der Waals surface area contributed by atoms with Crippen LogP contribution < -0.4 is 10.1 Å². The van der Waals surface area contributed by atoms with Crippen LogP contribution in [0, 0.1) is 6.92 Å². The van der Waals surface area contributed by atoms with Gasteiger partial charge in [0.05, 0.1) is 5.56 Å². The minimum atomic E-state index is -0.395. The quantitative estimate of drug-likeness (QED) is 0.530. The van der Waals surface area contributed by atoms with Gasteiger partial charge < -0.3 is 14.5 Å². The van der Waals surface area contributed by atoms with E-state index in [2.05, 4.69) is 5.32 Å². The van der Waals surface area contributed by atoms with Gasteiger partial charge in [-0.25, -0.2) is 0 Å². The Morgan fingerprint density at radius 2 is 1.78 bits per heavy atom. The molecule has 1 aromatic heterocycles.